The average molecular weight is 303 g/mol. The molecule has 4 heteroatoms. The largest absolute Gasteiger partial charge is 0.481 e. The summed E-state index contributed by atoms with van der Waals surface area (Å²) in [5, 5.41) is 9.00. The first-order chi connectivity index (χ1) is 10.4. The molecule has 0 saturated carbocycles. The van der Waals surface area contributed by atoms with Crippen molar-refractivity contribution < 1.29 is 14.7 Å². The maximum absolute atomic E-state index is 12.5. The first kappa shape index (κ1) is 16.7. The van der Waals surface area contributed by atoms with Crippen LogP contribution in [0.4, 0.5) is 0 Å². The smallest absolute Gasteiger partial charge is 0.306 e. The van der Waals surface area contributed by atoms with E-state index in [2.05, 4.69) is 17.0 Å². The second-order valence-electron chi connectivity index (χ2n) is 6.40. The van der Waals surface area contributed by atoms with E-state index < -0.39 is 5.97 Å². The SMILES string of the molecule is Cc1cc(C)c(C(=O)CCN2CCC(C(=O)O)CC2)c(C)c1. The van der Waals surface area contributed by atoms with Crippen molar-refractivity contribution in [3.63, 3.8) is 0 Å². The Hall–Kier alpha value is -1.68. The molecule has 120 valence electrons. The summed E-state index contributed by atoms with van der Waals surface area (Å²) in [6.45, 7) is 8.29. The van der Waals surface area contributed by atoms with Crippen molar-refractivity contribution in [3.05, 3.63) is 34.4 Å². The molecule has 0 radical (unpaired) electrons. The van der Waals surface area contributed by atoms with E-state index in [1.165, 1.54) is 5.56 Å². The van der Waals surface area contributed by atoms with E-state index >= 15 is 0 Å². The quantitative estimate of drug-likeness (QED) is 0.850. The van der Waals surface area contributed by atoms with Crippen molar-refractivity contribution in [2.24, 2.45) is 5.92 Å². The molecule has 0 aliphatic carbocycles. The summed E-state index contributed by atoms with van der Waals surface area (Å²) in [6.07, 6.45) is 1.88. The predicted octanol–water partition coefficient (Wildman–Crippen LogP) is 2.98. The third-order valence-electron chi connectivity index (χ3n) is 4.55. The summed E-state index contributed by atoms with van der Waals surface area (Å²) in [5.74, 6) is -0.717. The molecular weight excluding hydrogens is 278 g/mol. The summed E-state index contributed by atoms with van der Waals surface area (Å²) in [4.78, 5) is 25.6. The van der Waals surface area contributed by atoms with Crippen LogP contribution in [0.1, 0.15) is 46.3 Å². The number of aryl methyl sites for hydroxylation is 3. The Morgan fingerprint density at radius 2 is 1.68 bits per heavy atom. The van der Waals surface area contributed by atoms with Crippen LogP contribution in [0.2, 0.25) is 0 Å². The molecule has 1 aromatic rings. The molecule has 0 bridgehead atoms. The monoisotopic (exact) mass is 303 g/mol. The molecular formula is C18H25NO3. The number of benzene rings is 1. The van der Waals surface area contributed by atoms with Gasteiger partial charge in [0.1, 0.15) is 0 Å². The molecule has 2 rings (SSSR count). The molecule has 4 nitrogen and oxygen atoms in total. The Labute approximate surface area is 132 Å². The van der Waals surface area contributed by atoms with Crippen LogP contribution >= 0.6 is 0 Å². The average Bonchev–Trinajstić information content (AvgIpc) is 2.44. The minimum atomic E-state index is -0.693. The zero-order chi connectivity index (χ0) is 16.3. The van der Waals surface area contributed by atoms with E-state index in [4.69, 9.17) is 5.11 Å². The van der Waals surface area contributed by atoms with E-state index in [-0.39, 0.29) is 11.7 Å². The van der Waals surface area contributed by atoms with Crippen molar-refractivity contribution in [3.8, 4) is 0 Å². The van der Waals surface area contributed by atoms with Gasteiger partial charge in [0.2, 0.25) is 0 Å². The van der Waals surface area contributed by atoms with E-state index in [9.17, 15) is 9.59 Å². The van der Waals surface area contributed by atoms with Crippen molar-refractivity contribution >= 4 is 11.8 Å². The summed E-state index contributed by atoms with van der Waals surface area (Å²) >= 11 is 0. The number of piperidine rings is 1. The fourth-order valence-corrected chi connectivity index (χ4v) is 3.41. The van der Waals surface area contributed by atoms with Gasteiger partial charge in [0.15, 0.2) is 5.78 Å². The van der Waals surface area contributed by atoms with Gasteiger partial charge >= 0.3 is 5.97 Å². The highest BCUT2D eigenvalue weighted by atomic mass is 16.4. The molecule has 0 unspecified atom stereocenters. The molecule has 22 heavy (non-hydrogen) atoms. The Kier molecular flexibility index (Phi) is 5.35. The fourth-order valence-electron chi connectivity index (χ4n) is 3.41. The lowest BCUT2D eigenvalue weighted by Crippen LogP contribution is -2.37. The zero-order valence-electron chi connectivity index (χ0n) is 13.7. The number of carbonyl (C=O) groups excluding carboxylic acids is 1. The number of ketones is 1. The van der Waals surface area contributed by atoms with E-state index in [0.717, 1.165) is 36.3 Å². The maximum atomic E-state index is 12.5. The normalized spacial score (nSPS) is 16.7. The van der Waals surface area contributed by atoms with Crippen LogP contribution in [-0.4, -0.2) is 41.4 Å². The topological polar surface area (TPSA) is 57.6 Å². The molecule has 0 amide bonds. The number of likely N-dealkylation sites (tertiary alicyclic amines) is 1. The first-order valence-electron chi connectivity index (χ1n) is 7.94. The fraction of sp³-hybridized carbons (Fsp3) is 0.556. The molecule has 1 aliphatic rings. The van der Waals surface area contributed by atoms with Crippen molar-refractivity contribution in [1.82, 2.24) is 4.90 Å². The number of hydrogen-bond acceptors (Lipinski definition) is 3. The highest BCUT2D eigenvalue weighted by Gasteiger charge is 2.24. The van der Waals surface area contributed by atoms with Crippen molar-refractivity contribution in [2.45, 2.75) is 40.0 Å². The molecule has 1 aliphatic heterocycles. The molecule has 1 saturated heterocycles. The van der Waals surface area contributed by atoms with Gasteiger partial charge in [-0.15, -0.1) is 0 Å². The zero-order valence-corrected chi connectivity index (χ0v) is 13.7. The van der Waals surface area contributed by atoms with Crippen LogP contribution in [0, 0.1) is 26.7 Å². The van der Waals surface area contributed by atoms with Crippen LogP contribution in [0.3, 0.4) is 0 Å². The Balaban J connectivity index is 1.90. The van der Waals surface area contributed by atoms with Gasteiger partial charge in [-0.2, -0.15) is 0 Å². The second-order valence-corrected chi connectivity index (χ2v) is 6.40. The highest BCUT2D eigenvalue weighted by molar-refractivity contribution is 5.99. The third-order valence-corrected chi connectivity index (χ3v) is 4.55. The second kappa shape index (κ2) is 7.05. The minimum absolute atomic E-state index is 0.190. The van der Waals surface area contributed by atoms with Gasteiger partial charge in [-0.05, 0) is 57.8 Å². The van der Waals surface area contributed by atoms with Crippen LogP contribution in [-0.2, 0) is 4.79 Å². The van der Waals surface area contributed by atoms with Gasteiger partial charge in [-0.1, -0.05) is 17.7 Å². The van der Waals surface area contributed by atoms with Gasteiger partial charge < -0.3 is 10.0 Å². The lowest BCUT2D eigenvalue weighted by atomic mass is 9.94. The van der Waals surface area contributed by atoms with Crippen molar-refractivity contribution in [2.75, 3.05) is 19.6 Å². The Morgan fingerprint density at radius 3 is 2.18 bits per heavy atom. The molecule has 0 atom stereocenters. The lowest BCUT2D eigenvalue weighted by molar-refractivity contribution is -0.143. The van der Waals surface area contributed by atoms with Gasteiger partial charge in [-0.3, -0.25) is 9.59 Å². The standard InChI is InChI=1S/C18H25NO3/c1-12-10-13(2)17(14(3)11-12)16(20)6-9-19-7-4-15(5-8-19)18(21)22/h10-11,15H,4-9H2,1-3H3,(H,21,22). The van der Waals surface area contributed by atoms with Gasteiger partial charge in [0.25, 0.3) is 0 Å². The molecule has 1 aromatic carbocycles. The molecule has 1 fully saturated rings. The molecule has 0 aromatic heterocycles. The number of rotatable bonds is 5. The number of aliphatic carboxylic acids is 1. The number of Topliss-reactive ketones (excluding diaryl/α,β-unsaturated/α-hetero) is 1. The van der Waals surface area contributed by atoms with Gasteiger partial charge in [0.05, 0.1) is 5.92 Å². The number of hydrogen-bond donors (Lipinski definition) is 1. The van der Waals surface area contributed by atoms with E-state index in [1.54, 1.807) is 0 Å². The van der Waals surface area contributed by atoms with Crippen LogP contribution in [0.5, 0.6) is 0 Å². The third kappa shape index (κ3) is 3.95. The van der Waals surface area contributed by atoms with Crippen LogP contribution in [0.25, 0.3) is 0 Å². The van der Waals surface area contributed by atoms with E-state index in [0.29, 0.717) is 19.3 Å². The van der Waals surface area contributed by atoms with Gasteiger partial charge in [-0.25, -0.2) is 0 Å². The Morgan fingerprint density at radius 1 is 1.14 bits per heavy atom. The summed E-state index contributed by atoms with van der Waals surface area (Å²) in [6, 6.07) is 4.11. The summed E-state index contributed by atoms with van der Waals surface area (Å²) in [7, 11) is 0. The minimum Gasteiger partial charge on any atom is -0.481 e. The molecule has 1 heterocycles. The van der Waals surface area contributed by atoms with Crippen molar-refractivity contribution in [1.29, 1.82) is 0 Å². The Bertz CT molecular complexity index is 549. The first-order valence-corrected chi connectivity index (χ1v) is 7.94. The number of nitrogens with zero attached hydrogens (tertiary/aromatic N) is 1. The van der Waals surface area contributed by atoms with Crippen LogP contribution in [0.15, 0.2) is 12.1 Å². The predicted molar refractivity (Wildman–Crippen MR) is 86.4 cm³/mol. The number of carbonyl (C=O) groups is 2. The number of carboxylic acids is 1. The maximum Gasteiger partial charge on any atom is 0.306 e. The molecule has 0 spiro atoms. The van der Waals surface area contributed by atoms with E-state index in [1.807, 2.05) is 20.8 Å². The molecule has 1 N–H and O–H groups in total. The summed E-state index contributed by atoms with van der Waals surface area (Å²) < 4.78 is 0. The van der Waals surface area contributed by atoms with Gasteiger partial charge in [0, 0.05) is 18.5 Å². The lowest BCUT2D eigenvalue weighted by Gasteiger charge is -2.29. The van der Waals surface area contributed by atoms with Crippen LogP contribution < -0.4 is 0 Å². The summed E-state index contributed by atoms with van der Waals surface area (Å²) in [5.41, 5.74) is 4.13. The highest BCUT2D eigenvalue weighted by Crippen LogP contribution is 2.20. The number of carboxylic acid groups (broad SMARTS) is 1.